The minimum atomic E-state index is 0.0142. The summed E-state index contributed by atoms with van der Waals surface area (Å²) in [6.45, 7) is 5.09. The van der Waals surface area contributed by atoms with Gasteiger partial charge in [0.15, 0.2) is 0 Å². The summed E-state index contributed by atoms with van der Waals surface area (Å²) in [4.78, 5) is 11.9. The van der Waals surface area contributed by atoms with Crippen molar-refractivity contribution < 1.29 is 14.3 Å². The van der Waals surface area contributed by atoms with Gasteiger partial charge in [0, 0.05) is 12.1 Å². The molecule has 0 atom stereocenters. The lowest BCUT2D eigenvalue weighted by Gasteiger charge is -2.11. The molecule has 0 fully saturated rings. The van der Waals surface area contributed by atoms with Crippen molar-refractivity contribution in [3.05, 3.63) is 23.8 Å². The first-order valence-corrected chi connectivity index (χ1v) is 7.04. The Hall–Kier alpha value is -1.71. The van der Waals surface area contributed by atoms with Crippen LogP contribution in [0.4, 0.5) is 0 Å². The lowest BCUT2D eigenvalue weighted by Crippen LogP contribution is -2.26. The molecule has 0 aliphatic rings. The Morgan fingerprint density at radius 1 is 1.25 bits per heavy atom. The van der Waals surface area contributed by atoms with Crippen LogP contribution < -0.4 is 14.8 Å². The summed E-state index contributed by atoms with van der Waals surface area (Å²) in [6, 6.07) is 5.48. The molecule has 1 amide bonds. The third kappa shape index (κ3) is 5.51. The van der Waals surface area contributed by atoms with Crippen molar-refractivity contribution in [3.8, 4) is 11.5 Å². The van der Waals surface area contributed by atoms with E-state index in [1.807, 2.05) is 18.2 Å². The van der Waals surface area contributed by atoms with Gasteiger partial charge in [-0.25, -0.2) is 0 Å². The lowest BCUT2D eigenvalue weighted by atomic mass is 10.1. The van der Waals surface area contributed by atoms with Crippen molar-refractivity contribution in [1.29, 1.82) is 0 Å². The number of rotatable bonds is 8. The highest BCUT2D eigenvalue weighted by Crippen LogP contribution is 2.24. The molecule has 0 heterocycles. The van der Waals surface area contributed by atoms with Gasteiger partial charge in [-0.15, -0.1) is 0 Å². The van der Waals surface area contributed by atoms with Crippen LogP contribution in [0, 0.1) is 5.92 Å². The zero-order valence-corrected chi connectivity index (χ0v) is 12.9. The Labute approximate surface area is 121 Å². The van der Waals surface area contributed by atoms with Gasteiger partial charge in [0.2, 0.25) is 5.91 Å². The predicted molar refractivity (Wildman–Crippen MR) is 80.3 cm³/mol. The van der Waals surface area contributed by atoms with Crippen LogP contribution in [0.5, 0.6) is 11.5 Å². The molecule has 1 aromatic carbocycles. The molecule has 0 bridgehead atoms. The number of hydrogen-bond acceptors (Lipinski definition) is 3. The number of hydrogen-bond donors (Lipinski definition) is 1. The molecular formula is C16H25NO3. The summed E-state index contributed by atoms with van der Waals surface area (Å²) < 4.78 is 10.4. The van der Waals surface area contributed by atoms with Crippen molar-refractivity contribution >= 4 is 5.91 Å². The molecule has 4 nitrogen and oxygen atoms in total. The van der Waals surface area contributed by atoms with Crippen LogP contribution in [-0.4, -0.2) is 26.7 Å². The Morgan fingerprint density at radius 3 is 2.60 bits per heavy atom. The smallest absolute Gasteiger partial charge is 0.224 e. The van der Waals surface area contributed by atoms with Gasteiger partial charge in [0.1, 0.15) is 11.5 Å². The Balaban J connectivity index is 2.52. The number of nitrogens with one attached hydrogen (secondary N) is 1. The summed E-state index contributed by atoms with van der Waals surface area (Å²) >= 11 is 0. The van der Waals surface area contributed by atoms with Crippen LogP contribution in [0.25, 0.3) is 0 Å². The second kappa shape index (κ2) is 8.46. The van der Waals surface area contributed by atoms with Crippen LogP contribution in [0.2, 0.25) is 0 Å². The topological polar surface area (TPSA) is 47.6 Å². The molecule has 20 heavy (non-hydrogen) atoms. The van der Waals surface area contributed by atoms with E-state index in [0.717, 1.165) is 30.7 Å². The zero-order valence-electron chi connectivity index (χ0n) is 12.9. The van der Waals surface area contributed by atoms with Crippen molar-refractivity contribution in [2.45, 2.75) is 33.1 Å². The molecule has 0 saturated carbocycles. The predicted octanol–water partition coefficient (Wildman–Crippen LogP) is 2.80. The fourth-order valence-electron chi connectivity index (χ4n) is 1.99. The van der Waals surface area contributed by atoms with Crippen molar-refractivity contribution in [3.63, 3.8) is 0 Å². The molecular weight excluding hydrogens is 254 g/mol. The second-order valence-corrected chi connectivity index (χ2v) is 5.24. The second-order valence-electron chi connectivity index (χ2n) is 5.24. The number of benzene rings is 1. The molecule has 1 aromatic rings. The first-order valence-electron chi connectivity index (χ1n) is 7.04. The average molecular weight is 279 g/mol. The number of methoxy groups -OCH3 is 2. The maximum Gasteiger partial charge on any atom is 0.224 e. The van der Waals surface area contributed by atoms with Gasteiger partial charge in [0.05, 0.1) is 20.6 Å². The third-order valence-corrected chi connectivity index (χ3v) is 3.12. The minimum Gasteiger partial charge on any atom is -0.497 e. The Bertz CT molecular complexity index is 430. The molecule has 0 aliphatic carbocycles. The van der Waals surface area contributed by atoms with Crippen LogP contribution in [0.15, 0.2) is 18.2 Å². The highest BCUT2D eigenvalue weighted by molar-refractivity contribution is 5.79. The molecule has 0 saturated heterocycles. The maximum atomic E-state index is 11.9. The van der Waals surface area contributed by atoms with Gasteiger partial charge in [-0.2, -0.15) is 0 Å². The van der Waals surface area contributed by atoms with Gasteiger partial charge in [-0.1, -0.05) is 13.8 Å². The van der Waals surface area contributed by atoms with Crippen molar-refractivity contribution in [2.24, 2.45) is 5.92 Å². The summed E-state index contributed by atoms with van der Waals surface area (Å²) in [7, 11) is 3.21. The van der Waals surface area contributed by atoms with Crippen molar-refractivity contribution in [2.75, 3.05) is 20.8 Å². The zero-order chi connectivity index (χ0) is 15.0. The quantitative estimate of drug-likeness (QED) is 0.744. The van der Waals surface area contributed by atoms with Gasteiger partial charge < -0.3 is 14.8 Å². The summed E-state index contributed by atoms with van der Waals surface area (Å²) in [5.41, 5.74) is 0.841. The molecule has 0 radical (unpaired) electrons. The van der Waals surface area contributed by atoms with E-state index in [9.17, 15) is 4.79 Å². The summed E-state index contributed by atoms with van der Waals surface area (Å²) in [5, 5.41) is 2.94. The van der Waals surface area contributed by atoms with E-state index in [1.54, 1.807) is 14.2 Å². The van der Waals surface area contributed by atoms with E-state index in [-0.39, 0.29) is 5.91 Å². The highest BCUT2D eigenvalue weighted by Gasteiger charge is 2.10. The number of carbonyl (C=O) groups is 1. The van der Waals surface area contributed by atoms with E-state index < -0.39 is 0 Å². The van der Waals surface area contributed by atoms with Crippen LogP contribution >= 0.6 is 0 Å². The average Bonchev–Trinajstić information content (AvgIpc) is 2.43. The number of amides is 1. The number of ether oxygens (including phenoxy) is 2. The fraction of sp³-hybridized carbons (Fsp3) is 0.562. The third-order valence-electron chi connectivity index (χ3n) is 3.12. The lowest BCUT2D eigenvalue weighted by molar-refractivity contribution is -0.120. The van der Waals surface area contributed by atoms with Gasteiger partial charge in [-0.05, 0) is 37.0 Å². The molecule has 1 rings (SSSR count). The molecule has 0 aromatic heterocycles. The molecule has 0 aliphatic heterocycles. The molecule has 4 heteroatoms. The van der Waals surface area contributed by atoms with E-state index in [4.69, 9.17) is 9.47 Å². The SMILES string of the molecule is COc1ccc(OC)c(CC(=O)NCCCC(C)C)c1. The molecule has 0 unspecified atom stereocenters. The molecule has 112 valence electrons. The van der Waals surface area contributed by atoms with Gasteiger partial charge in [-0.3, -0.25) is 4.79 Å². The molecule has 0 spiro atoms. The van der Waals surface area contributed by atoms with Crippen molar-refractivity contribution in [1.82, 2.24) is 5.32 Å². The summed E-state index contributed by atoms with van der Waals surface area (Å²) in [6.07, 6.45) is 2.45. The number of carbonyl (C=O) groups excluding carboxylic acids is 1. The van der Waals surface area contributed by atoms with Crippen LogP contribution in [0.1, 0.15) is 32.3 Å². The van der Waals surface area contributed by atoms with Crippen LogP contribution in [0.3, 0.4) is 0 Å². The fourth-order valence-corrected chi connectivity index (χ4v) is 1.99. The highest BCUT2D eigenvalue weighted by atomic mass is 16.5. The largest absolute Gasteiger partial charge is 0.497 e. The molecule has 1 N–H and O–H groups in total. The monoisotopic (exact) mass is 279 g/mol. The first-order chi connectivity index (χ1) is 9.56. The Kier molecular flexibility index (Phi) is 6.91. The Morgan fingerprint density at radius 2 is 2.00 bits per heavy atom. The van der Waals surface area contributed by atoms with Crippen LogP contribution in [-0.2, 0) is 11.2 Å². The maximum absolute atomic E-state index is 11.9. The van der Waals surface area contributed by atoms with Gasteiger partial charge >= 0.3 is 0 Å². The van der Waals surface area contributed by atoms with E-state index in [0.29, 0.717) is 18.1 Å². The van der Waals surface area contributed by atoms with E-state index >= 15 is 0 Å². The standard InChI is InChI=1S/C16H25NO3/c1-12(2)6-5-9-17-16(18)11-13-10-14(19-3)7-8-15(13)20-4/h7-8,10,12H,5-6,9,11H2,1-4H3,(H,17,18). The van der Waals surface area contributed by atoms with E-state index in [1.165, 1.54) is 0 Å². The van der Waals surface area contributed by atoms with E-state index in [2.05, 4.69) is 19.2 Å². The first kappa shape index (κ1) is 16.3. The normalized spacial score (nSPS) is 10.4. The van der Waals surface area contributed by atoms with Gasteiger partial charge in [0.25, 0.3) is 0 Å². The summed E-state index contributed by atoms with van der Waals surface area (Å²) in [5.74, 6) is 2.13. The minimum absolute atomic E-state index is 0.0142.